The SMILES string of the molecule is c1ccc(-c2ccc3c(c2)c2ccccc2n3-c2cc(Oc3ccc(-c4ccc(N(c5ccccc5)c5cccc6ccccc56)cc4)cc3)cc(-n3c4ccccc4c4ccccc43)c2)cc1. The highest BCUT2D eigenvalue weighted by molar-refractivity contribution is 6.11. The van der Waals surface area contributed by atoms with Gasteiger partial charge >= 0.3 is 0 Å². The Morgan fingerprint density at radius 2 is 0.735 bits per heavy atom. The third-order valence-corrected chi connectivity index (χ3v) is 13.3. The number of fused-ring (bicyclic) bond motifs is 7. The van der Waals surface area contributed by atoms with Crippen molar-refractivity contribution < 1.29 is 4.74 Å². The normalized spacial score (nSPS) is 11.5. The predicted molar refractivity (Wildman–Crippen MR) is 285 cm³/mol. The Hall–Kier alpha value is -9.12. The van der Waals surface area contributed by atoms with Gasteiger partial charge in [-0.2, -0.15) is 0 Å². The molecule has 13 aromatic rings. The second kappa shape index (κ2) is 16.4. The molecule has 13 rings (SSSR count). The molecule has 320 valence electrons. The third-order valence-electron chi connectivity index (χ3n) is 13.3. The van der Waals surface area contributed by atoms with E-state index in [0.717, 1.165) is 73.1 Å². The molecule has 0 aliphatic rings. The lowest BCUT2D eigenvalue weighted by molar-refractivity contribution is 0.482. The summed E-state index contributed by atoms with van der Waals surface area (Å²) in [6.45, 7) is 0. The molecule has 68 heavy (non-hydrogen) atoms. The highest BCUT2D eigenvalue weighted by atomic mass is 16.5. The Balaban J connectivity index is 0.895. The first-order chi connectivity index (χ1) is 33.7. The van der Waals surface area contributed by atoms with E-state index in [0.29, 0.717) is 0 Å². The van der Waals surface area contributed by atoms with Gasteiger partial charge in [-0.25, -0.2) is 0 Å². The van der Waals surface area contributed by atoms with Crippen LogP contribution in [0.5, 0.6) is 11.5 Å². The molecular formula is C64H43N3O. The first-order valence-corrected chi connectivity index (χ1v) is 23.2. The summed E-state index contributed by atoms with van der Waals surface area (Å²) in [5.74, 6) is 1.51. The summed E-state index contributed by atoms with van der Waals surface area (Å²) in [6.07, 6.45) is 0. The van der Waals surface area contributed by atoms with Crippen molar-refractivity contribution in [3.63, 3.8) is 0 Å². The standard InChI is InChI=1S/C64H43N3O/c1-3-16-44(17-4-1)48-34-39-64-59(40-48)58-25-11-14-28-63(58)67(64)52-41-51(66-61-26-12-9-23-56(61)57-24-10-13-27-62(57)66)42-54(43-52)68-53-37-32-46(33-38-53)45-30-35-50(36-31-45)65(49-20-5-2-6-21-49)60-29-15-19-47-18-7-8-22-55(47)60/h1-43H. The molecule has 4 heteroatoms. The minimum atomic E-state index is 0.748. The summed E-state index contributed by atoms with van der Waals surface area (Å²) in [5.41, 5.74) is 14.6. The summed E-state index contributed by atoms with van der Waals surface area (Å²) < 4.78 is 11.7. The lowest BCUT2D eigenvalue weighted by Crippen LogP contribution is -2.10. The van der Waals surface area contributed by atoms with Gasteiger partial charge in [-0.05, 0) is 107 Å². The molecule has 2 heterocycles. The molecule has 2 aromatic heterocycles. The van der Waals surface area contributed by atoms with Gasteiger partial charge in [0.15, 0.2) is 0 Å². The molecule has 0 unspecified atom stereocenters. The maximum atomic E-state index is 6.92. The van der Waals surface area contributed by atoms with Gasteiger partial charge < -0.3 is 18.8 Å². The summed E-state index contributed by atoms with van der Waals surface area (Å²) >= 11 is 0. The molecule has 0 saturated carbocycles. The summed E-state index contributed by atoms with van der Waals surface area (Å²) in [5, 5.41) is 7.26. The molecule has 0 aliphatic carbocycles. The molecule has 0 fully saturated rings. The number of hydrogen-bond acceptors (Lipinski definition) is 2. The Morgan fingerprint density at radius 3 is 1.37 bits per heavy atom. The number of ether oxygens (including phenoxy) is 1. The highest BCUT2D eigenvalue weighted by Gasteiger charge is 2.19. The smallest absolute Gasteiger partial charge is 0.131 e. The van der Waals surface area contributed by atoms with E-state index >= 15 is 0 Å². The number of para-hydroxylation sites is 4. The quantitative estimate of drug-likeness (QED) is 0.144. The Morgan fingerprint density at radius 1 is 0.279 bits per heavy atom. The van der Waals surface area contributed by atoms with E-state index in [1.165, 1.54) is 43.4 Å². The van der Waals surface area contributed by atoms with Crippen LogP contribution in [0.15, 0.2) is 261 Å². The zero-order valence-corrected chi connectivity index (χ0v) is 37.1. The minimum Gasteiger partial charge on any atom is -0.457 e. The van der Waals surface area contributed by atoms with Crippen LogP contribution in [0.3, 0.4) is 0 Å². The van der Waals surface area contributed by atoms with E-state index < -0.39 is 0 Å². The van der Waals surface area contributed by atoms with Crippen LogP contribution in [0.4, 0.5) is 17.1 Å². The van der Waals surface area contributed by atoms with Gasteiger partial charge in [-0.1, -0.05) is 170 Å². The van der Waals surface area contributed by atoms with Crippen LogP contribution in [-0.2, 0) is 0 Å². The van der Waals surface area contributed by atoms with Crippen molar-refractivity contribution in [2.24, 2.45) is 0 Å². The lowest BCUT2D eigenvalue weighted by Gasteiger charge is -2.27. The Bertz CT molecular complexity index is 3920. The number of rotatable bonds is 9. The van der Waals surface area contributed by atoms with E-state index in [1.807, 2.05) is 0 Å². The summed E-state index contributed by atoms with van der Waals surface area (Å²) in [7, 11) is 0. The zero-order valence-electron chi connectivity index (χ0n) is 37.1. The average Bonchev–Trinajstić information content (AvgIpc) is 3.93. The first kappa shape index (κ1) is 39.3. The molecule has 0 bridgehead atoms. The van der Waals surface area contributed by atoms with Crippen molar-refractivity contribution in [3.8, 4) is 45.1 Å². The lowest BCUT2D eigenvalue weighted by atomic mass is 10.0. The number of hydrogen-bond donors (Lipinski definition) is 0. The van der Waals surface area contributed by atoms with Gasteiger partial charge in [0.1, 0.15) is 11.5 Å². The van der Waals surface area contributed by atoms with Crippen LogP contribution < -0.4 is 9.64 Å². The number of benzene rings is 11. The van der Waals surface area contributed by atoms with E-state index in [2.05, 4.69) is 275 Å². The molecule has 11 aromatic carbocycles. The van der Waals surface area contributed by atoms with E-state index in [4.69, 9.17) is 4.74 Å². The topological polar surface area (TPSA) is 22.3 Å². The largest absolute Gasteiger partial charge is 0.457 e. The number of nitrogens with zero attached hydrogens (tertiary/aromatic N) is 3. The van der Waals surface area contributed by atoms with Crippen LogP contribution in [0.25, 0.3) is 88.0 Å². The van der Waals surface area contributed by atoms with Crippen molar-refractivity contribution in [1.29, 1.82) is 0 Å². The molecular weight excluding hydrogens is 827 g/mol. The molecule has 0 amide bonds. The fourth-order valence-corrected chi connectivity index (χ4v) is 10.2. The van der Waals surface area contributed by atoms with E-state index in [9.17, 15) is 0 Å². The van der Waals surface area contributed by atoms with Crippen molar-refractivity contribution >= 4 is 71.4 Å². The molecule has 0 aliphatic heterocycles. The molecule has 4 nitrogen and oxygen atoms in total. The van der Waals surface area contributed by atoms with Crippen molar-refractivity contribution in [2.75, 3.05) is 4.90 Å². The van der Waals surface area contributed by atoms with Gasteiger partial charge in [-0.3, -0.25) is 0 Å². The Labute approximate surface area is 394 Å². The van der Waals surface area contributed by atoms with Crippen molar-refractivity contribution in [1.82, 2.24) is 9.13 Å². The van der Waals surface area contributed by atoms with E-state index in [1.54, 1.807) is 0 Å². The Kier molecular flexibility index (Phi) is 9.47. The average molecular weight is 870 g/mol. The monoisotopic (exact) mass is 869 g/mol. The van der Waals surface area contributed by atoms with Crippen LogP contribution in [0.1, 0.15) is 0 Å². The van der Waals surface area contributed by atoms with Crippen molar-refractivity contribution in [3.05, 3.63) is 261 Å². The summed E-state index contributed by atoms with van der Waals surface area (Å²) in [6, 6.07) is 93.1. The predicted octanol–water partition coefficient (Wildman–Crippen LogP) is 17.6. The first-order valence-electron chi connectivity index (χ1n) is 23.2. The minimum absolute atomic E-state index is 0.748. The maximum Gasteiger partial charge on any atom is 0.131 e. The maximum absolute atomic E-state index is 6.92. The van der Waals surface area contributed by atoms with Crippen LogP contribution in [0.2, 0.25) is 0 Å². The van der Waals surface area contributed by atoms with Crippen molar-refractivity contribution in [2.45, 2.75) is 0 Å². The van der Waals surface area contributed by atoms with Gasteiger partial charge in [0.05, 0.1) is 39.1 Å². The van der Waals surface area contributed by atoms with Crippen LogP contribution in [0, 0.1) is 0 Å². The van der Waals surface area contributed by atoms with Crippen LogP contribution in [-0.4, -0.2) is 9.13 Å². The molecule has 0 saturated heterocycles. The second-order valence-corrected chi connectivity index (χ2v) is 17.3. The van der Waals surface area contributed by atoms with Crippen LogP contribution >= 0.6 is 0 Å². The molecule has 0 radical (unpaired) electrons. The van der Waals surface area contributed by atoms with E-state index in [-0.39, 0.29) is 0 Å². The molecule has 0 atom stereocenters. The summed E-state index contributed by atoms with van der Waals surface area (Å²) in [4.78, 5) is 2.34. The fourth-order valence-electron chi connectivity index (χ4n) is 10.2. The van der Waals surface area contributed by atoms with Gasteiger partial charge in [0.25, 0.3) is 0 Å². The van der Waals surface area contributed by atoms with Gasteiger partial charge in [-0.15, -0.1) is 0 Å². The zero-order chi connectivity index (χ0) is 45.0. The van der Waals surface area contributed by atoms with Gasteiger partial charge in [0, 0.05) is 50.4 Å². The molecule has 0 N–H and O–H groups in total. The number of anilines is 3. The number of aromatic nitrogens is 2. The second-order valence-electron chi connectivity index (χ2n) is 17.3. The van der Waals surface area contributed by atoms with Gasteiger partial charge in [0.2, 0.25) is 0 Å². The third kappa shape index (κ3) is 6.78. The highest BCUT2D eigenvalue weighted by Crippen LogP contribution is 2.42. The molecule has 0 spiro atoms. The fraction of sp³-hybridized carbons (Fsp3) is 0.